The lowest BCUT2D eigenvalue weighted by Gasteiger charge is -2.05. The van der Waals surface area contributed by atoms with Crippen molar-refractivity contribution in [3.05, 3.63) is 174 Å². The summed E-state index contributed by atoms with van der Waals surface area (Å²) in [5.41, 5.74) is 3.88. The van der Waals surface area contributed by atoms with Crippen LogP contribution in [-0.4, -0.2) is 30.6 Å². The van der Waals surface area contributed by atoms with E-state index in [9.17, 15) is 10.2 Å². The molecule has 0 unspecified atom stereocenters. The standard InChI is InChI=1S/C14H21ClO.C9H11ClO.C8H9ClO.C7H7ClO.2C6H5ClO/c1-2-3-4-5-6-7-8-12-11-13(15)9-10-14(12)16;1-2-4-7-5-3-6-8(11)9(7)10;1-2-6-4-3-5-7(10)8(6)9;1-5-3-2-4-6(9)7(5)8;7-5-1-3-6(8)4-2-5;7-5-3-1-2-4-6(5)8/h9-11,16H,2-8H2,1H3;3,5-6,11H,2,4H2,1H3;3-5,10H,2H2,1H3;2-4,9H,1H3;2*1-4,8H. The molecule has 62 heavy (non-hydrogen) atoms. The number of para-hydroxylation sites is 1. The van der Waals surface area contributed by atoms with E-state index in [0.717, 1.165) is 54.4 Å². The summed E-state index contributed by atoms with van der Waals surface area (Å²) in [5, 5.41) is 57.5. The molecule has 0 atom stereocenters. The monoisotopic (exact) mass is 964 g/mol. The maximum atomic E-state index is 9.62. The van der Waals surface area contributed by atoms with Gasteiger partial charge in [0.2, 0.25) is 0 Å². The molecule has 0 aliphatic carbocycles. The summed E-state index contributed by atoms with van der Waals surface area (Å²) >= 11 is 34.0. The smallest absolute Gasteiger partial charge is 0.134 e. The SMILES string of the molecule is CCCCCCCCc1cc(Cl)ccc1O.CCCc1cccc(O)c1Cl.CCc1cccc(O)c1Cl.Cc1cccc(O)c1Cl.Oc1ccc(Cl)cc1.Oc1ccccc1Cl. The highest BCUT2D eigenvalue weighted by molar-refractivity contribution is 6.33. The average Bonchev–Trinajstić information content (AvgIpc) is 3.25. The zero-order valence-corrected chi connectivity index (χ0v) is 40.1. The van der Waals surface area contributed by atoms with Crippen molar-refractivity contribution in [3.8, 4) is 34.5 Å². The molecule has 0 aliphatic heterocycles. The maximum absolute atomic E-state index is 9.62. The van der Waals surface area contributed by atoms with Gasteiger partial charge in [-0.15, -0.1) is 0 Å². The van der Waals surface area contributed by atoms with Crippen molar-refractivity contribution >= 4 is 69.6 Å². The summed E-state index contributed by atoms with van der Waals surface area (Å²) in [6, 6.07) is 34.1. The normalized spacial score (nSPS) is 9.84. The molecule has 0 saturated heterocycles. The Bertz CT molecular complexity index is 2080. The lowest BCUT2D eigenvalue weighted by atomic mass is 10.0. The Hall–Kier alpha value is -4.14. The third kappa shape index (κ3) is 23.3. The van der Waals surface area contributed by atoms with E-state index < -0.39 is 0 Å². The van der Waals surface area contributed by atoms with Crippen molar-refractivity contribution in [1.82, 2.24) is 0 Å². The quantitative estimate of drug-likeness (QED) is 0.0761. The van der Waals surface area contributed by atoms with Gasteiger partial charge in [-0.1, -0.05) is 177 Å². The van der Waals surface area contributed by atoms with Gasteiger partial charge in [0.25, 0.3) is 0 Å². The lowest BCUT2D eigenvalue weighted by Crippen LogP contribution is -1.87. The highest BCUT2D eigenvalue weighted by Crippen LogP contribution is 2.29. The maximum Gasteiger partial charge on any atom is 0.134 e. The van der Waals surface area contributed by atoms with Crippen molar-refractivity contribution in [1.29, 1.82) is 0 Å². The summed E-state index contributed by atoms with van der Waals surface area (Å²) in [4.78, 5) is 0. The molecule has 0 spiro atoms. The number of phenolic OH excluding ortho intramolecular Hbond substituents is 6. The fourth-order valence-corrected chi connectivity index (χ4v) is 6.31. The van der Waals surface area contributed by atoms with Crippen LogP contribution in [0.4, 0.5) is 0 Å². The number of halogens is 6. The van der Waals surface area contributed by atoms with E-state index in [2.05, 4.69) is 13.8 Å². The first kappa shape index (κ1) is 55.9. The van der Waals surface area contributed by atoms with Crippen LogP contribution in [0.5, 0.6) is 34.5 Å². The number of rotatable bonds is 10. The number of aryl methyl sites for hydroxylation is 4. The molecular formula is C50H58Cl6O6. The van der Waals surface area contributed by atoms with Crippen LogP contribution in [-0.2, 0) is 19.3 Å². The fraction of sp³-hybridized carbons (Fsp3) is 0.280. The van der Waals surface area contributed by atoms with Crippen LogP contribution in [0.1, 0.15) is 88.0 Å². The molecule has 0 aromatic heterocycles. The molecule has 0 bridgehead atoms. The molecule has 6 aromatic rings. The van der Waals surface area contributed by atoms with Crippen molar-refractivity contribution < 1.29 is 30.6 Å². The minimum absolute atomic E-state index is 0.133. The first-order valence-electron chi connectivity index (χ1n) is 20.3. The van der Waals surface area contributed by atoms with Crippen molar-refractivity contribution in [2.24, 2.45) is 0 Å². The summed E-state index contributed by atoms with van der Waals surface area (Å²) < 4.78 is 0. The van der Waals surface area contributed by atoms with Crippen LogP contribution in [0.3, 0.4) is 0 Å². The molecule has 6 nitrogen and oxygen atoms in total. The average molecular weight is 968 g/mol. The van der Waals surface area contributed by atoms with Crippen LogP contribution in [0.15, 0.2) is 121 Å². The third-order valence-electron chi connectivity index (χ3n) is 8.71. The molecule has 0 saturated carbocycles. The molecule has 6 N–H and O–H groups in total. The lowest BCUT2D eigenvalue weighted by molar-refractivity contribution is 0.466. The Morgan fingerprint density at radius 3 is 1.37 bits per heavy atom. The minimum atomic E-state index is 0.133. The predicted octanol–water partition coefficient (Wildman–Crippen LogP) is 17.0. The zero-order valence-electron chi connectivity index (χ0n) is 35.6. The second kappa shape index (κ2) is 32.5. The molecule has 0 amide bonds. The van der Waals surface area contributed by atoms with Crippen LogP contribution in [0, 0.1) is 6.92 Å². The van der Waals surface area contributed by atoms with Gasteiger partial charge in [0.1, 0.15) is 34.5 Å². The Labute approximate surface area is 397 Å². The fourth-order valence-electron chi connectivity index (χ4n) is 5.24. The van der Waals surface area contributed by atoms with Crippen molar-refractivity contribution in [2.45, 2.75) is 91.9 Å². The molecule has 6 aromatic carbocycles. The zero-order chi connectivity index (χ0) is 46.5. The second-order valence-corrected chi connectivity index (χ2v) is 16.1. The Kier molecular flexibility index (Phi) is 29.3. The topological polar surface area (TPSA) is 121 Å². The number of hydrogen-bond acceptors (Lipinski definition) is 6. The summed E-state index contributed by atoms with van der Waals surface area (Å²) in [6.45, 7) is 8.16. The van der Waals surface area contributed by atoms with Gasteiger partial charge < -0.3 is 30.6 Å². The Morgan fingerprint density at radius 2 is 0.887 bits per heavy atom. The summed E-state index contributed by atoms with van der Waals surface area (Å²) in [7, 11) is 0. The molecule has 0 fully saturated rings. The highest BCUT2D eigenvalue weighted by Gasteiger charge is 2.04. The van der Waals surface area contributed by atoms with E-state index in [1.54, 1.807) is 91.0 Å². The second-order valence-electron chi connectivity index (χ2n) is 13.7. The van der Waals surface area contributed by atoms with Crippen LogP contribution in [0.2, 0.25) is 30.1 Å². The third-order valence-corrected chi connectivity index (χ3v) is 10.9. The van der Waals surface area contributed by atoms with Crippen LogP contribution in [0.25, 0.3) is 0 Å². The van der Waals surface area contributed by atoms with Gasteiger partial charge in [0, 0.05) is 10.0 Å². The largest absolute Gasteiger partial charge is 0.508 e. The first-order chi connectivity index (χ1) is 29.6. The Balaban J connectivity index is 0.000000379. The minimum Gasteiger partial charge on any atom is -0.508 e. The van der Waals surface area contributed by atoms with Crippen molar-refractivity contribution in [3.63, 3.8) is 0 Å². The summed E-state index contributed by atoms with van der Waals surface area (Å²) in [5.74, 6) is 1.25. The number of benzene rings is 6. The highest BCUT2D eigenvalue weighted by atomic mass is 35.5. The molecule has 0 heterocycles. The van der Waals surface area contributed by atoms with E-state index in [-0.39, 0.29) is 28.7 Å². The number of hydrogen-bond donors (Lipinski definition) is 6. The Morgan fingerprint density at radius 1 is 0.387 bits per heavy atom. The van der Waals surface area contributed by atoms with E-state index in [1.807, 2.05) is 44.2 Å². The van der Waals surface area contributed by atoms with Gasteiger partial charge in [-0.2, -0.15) is 0 Å². The van der Waals surface area contributed by atoms with Gasteiger partial charge in [-0.3, -0.25) is 0 Å². The van der Waals surface area contributed by atoms with E-state index in [4.69, 9.17) is 90.0 Å². The van der Waals surface area contributed by atoms with E-state index in [0.29, 0.717) is 35.9 Å². The van der Waals surface area contributed by atoms with Gasteiger partial charge in [-0.05, 0) is 128 Å². The number of phenols is 6. The molecule has 6 rings (SSSR count). The molecule has 0 aliphatic rings. The summed E-state index contributed by atoms with van der Waals surface area (Å²) in [6.07, 6.45) is 11.4. The van der Waals surface area contributed by atoms with Gasteiger partial charge in [0.05, 0.1) is 20.1 Å². The molecular weight excluding hydrogens is 909 g/mol. The van der Waals surface area contributed by atoms with Crippen LogP contribution >= 0.6 is 69.6 Å². The molecule has 336 valence electrons. The van der Waals surface area contributed by atoms with Crippen LogP contribution < -0.4 is 0 Å². The van der Waals surface area contributed by atoms with E-state index >= 15 is 0 Å². The molecule has 12 heteroatoms. The van der Waals surface area contributed by atoms with Gasteiger partial charge >= 0.3 is 0 Å². The van der Waals surface area contributed by atoms with Gasteiger partial charge in [-0.25, -0.2) is 0 Å². The number of aromatic hydroxyl groups is 6. The van der Waals surface area contributed by atoms with Crippen molar-refractivity contribution in [2.75, 3.05) is 0 Å². The predicted molar refractivity (Wildman–Crippen MR) is 264 cm³/mol. The van der Waals surface area contributed by atoms with E-state index in [1.165, 1.54) is 32.1 Å². The first-order valence-corrected chi connectivity index (χ1v) is 22.5. The number of unbranched alkanes of at least 4 members (excludes halogenated alkanes) is 5. The molecule has 0 radical (unpaired) electrons. The van der Waals surface area contributed by atoms with Gasteiger partial charge in [0.15, 0.2) is 0 Å².